The van der Waals surface area contributed by atoms with E-state index in [4.69, 9.17) is 5.73 Å². The molecule has 3 N–H and O–H groups in total. The molecule has 144 valence electrons. The third-order valence-electron chi connectivity index (χ3n) is 4.60. The maximum absolute atomic E-state index is 14.7. The number of carbonyl (C=O) groups is 1. The summed E-state index contributed by atoms with van der Waals surface area (Å²) < 4.78 is 29.1. The highest BCUT2D eigenvalue weighted by Crippen LogP contribution is 2.25. The van der Waals surface area contributed by atoms with Gasteiger partial charge in [0.05, 0.1) is 11.1 Å². The average Bonchev–Trinajstić information content (AvgIpc) is 3.09. The number of hydrogen-bond donors (Lipinski definition) is 2. The zero-order valence-corrected chi connectivity index (χ0v) is 14.5. The predicted octanol–water partition coefficient (Wildman–Crippen LogP) is 1.29. The van der Waals surface area contributed by atoms with Crippen molar-refractivity contribution in [1.82, 2.24) is 14.8 Å². The van der Waals surface area contributed by atoms with Gasteiger partial charge in [-0.15, -0.1) is 0 Å². The van der Waals surface area contributed by atoms with E-state index in [1.54, 1.807) is 4.90 Å². The lowest BCUT2D eigenvalue weighted by Crippen LogP contribution is -2.28. The Kier molecular flexibility index (Phi) is 4.27. The first-order valence-corrected chi connectivity index (χ1v) is 8.48. The summed E-state index contributed by atoms with van der Waals surface area (Å²) in [5.41, 5.74) is 4.39. The van der Waals surface area contributed by atoms with Crippen LogP contribution in [-0.4, -0.2) is 45.0 Å². The molecule has 0 aliphatic carbocycles. The highest BCUT2D eigenvalue weighted by Gasteiger charge is 2.26. The Morgan fingerprint density at radius 1 is 1.25 bits per heavy atom. The number of nitrogens with two attached hydrogens (primary N) is 1. The van der Waals surface area contributed by atoms with Crippen LogP contribution >= 0.6 is 0 Å². The molecule has 3 aromatic rings. The number of pyridine rings is 1. The van der Waals surface area contributed by atoms with Crippen LogP contribution in [-0.2, 0) is 0 Å². The van der Waals surface area contributed by atoms with Crippen molar-refractivity contribution in [3.8, 4) is 5.69 Å². The molecule has 1 unspecified atom stereocenters. The molecule has 0 amide bonds. The molecule has 0 bridgehead atoms. The number of fused-ring (bicyclic) bond motifs is 1. The molecule has 8 nitrogen and oxygen atoms in total. The number of aromatic carboxylic acids is 1. The van der Waals surface area contributed by atoms with Crippen molar-refractivity contribution in [2.45, 2.75) is 12.5 Å². The molecule has 1 aliphatic heterocycles. The molecular formula is C18H15F2N5O3. The van der Waals surface area contributed by atoms with Gasteiger partial charge in [-0.1, -0.05) is 0 Å². The fraction of sp³-hybridized carbons (Fsp3) is 0.222. The third kappa shape index (κ3) is 2.97. The van der Waals surface area contributed by atoms with Gasteiger partial charge >= 0.3 is 5.97 Å². The summed E-state index contributed by atoms with van der Waals surface area (Å²) >= 11 is 0. The van der Waals surface area contributed by atoms with Gasteiger partial charge in [0, 0.05) is 19.1 Å². The van der Waals surface area contributed by atoms with Gasteiger partial charge in [-0.05, 0) is 36.8 Å². The number of anilines is 1. The SMILES string of the molecule is NC1CCN(c2nc3c(cc2F)c(=O)c(C(=O)O)nn3-c2ccc(F)cc2)C1. The summed E-state index contributed by atoms with van der Waals surface area (Å²) in [6.07, 6.45) is 0.667. The van der Waals surface area contributed by atoms with Crippen LogP contribution in [0.5, 0.6) is 0 Å². The monoisotopic (exact) mass is 387 g/mol. The second kappa shape index (κ2) is 6.64. The first kappa shape index (κ1) is 18.0. The third-order valence-corrected chi connectivity index (χ3v) is 4.60. The Hall–Kier alpha value is -3.40. The van der Waals surface area contributed by atoms with Crippen molar-refractivity contribution in [3.63, 3.8) is 0 Å². The van der Waals surface area contributed by atoms with E-state index < -0.39 is 28.7 Å². The van der Waals surface area contributed by atoms with Crippen molar-refractivity contribution in [2.24, 2.45) is 5.73 Å². The number of halogens is 2. The number of hydrogen-bond acceptors (Lipinski definition) is 6. The molecular weight excluding hydrogens is 372 g/mol. The molecule has 3 heterocycles. The van der Waals surface area contributed by atoms with Crippen molar-refractivity contribution in [3.05, 3.63) is 57.9 Å². The zero-order valence-electron chi connectivity index (χ0n) is 14.5. The molecule has 1 atom stereocenters. The summed E-state index contributed by atoms with van der Waals surface area (Å²) in [6.45, 7) is 0.898. The predicted molar refractivity (Wildman–Crippen MR) is 96.8 cm³/mol. The van der Waals surface area contributed by atoms with E-state index in [2.05, 4.69) is 10.1 Å². The molecule has 0 radical (unpaired) electrons. The van der Waals surface area contributed by atoms with Gasteiger partial charge in [0.15, 0.2) is 17.3 Å². The Labute approximate surface area is 156 Å². The largest absolute Gasteiger partial charge is 0.476 e. The number of aromatic nitrogens is 3. The summed E-state index contributed by atoms with van der Waals surface area (Å²) in [4.78, 5) is 29.8. The van der Waals surface area contributed by atoms with Crippen LogP contribution in [0.25, 0.3) is 16.7 Å². The van der Waals surface area contributed by atoms with E-state index in [1.165, 1.54) is 12.1 Å². The first-order valence-electron chi connectivity index (χ1n) is 8.48. The van der Waals surface area contributed by atoms with Crippen LogP contribution in [0.4, 0.5) is 14.6 Å². The maximum atomic E-state index is 14.7. The Morgan fingerprint density at radius 3 is 2.57 bits per heavy atom. The minimum atomic E-state index is -1.56. The van der Waals surface area contributed by atoms with Crippen LogP contribution in [0.15, 0.2) is 35.1 Å². The van der Waals surface area contributed by atoms with Crippen molar-refractivity contribution >= 4 is 22.8 Å². The lowest BCUT2D eigenvalue weighted by molar-refractivity contribution is 0.0687. The quantitative estimate of drug-likeness (QED) is 0.696. The average molecular weight is 387 g/mol. The number of benzene rings is 1. The first-order chi connectivity index (χ1) is 13.3. The Morgan fingerprint density at radius 2 is 1.96 bits per heavy atom. The fourth-order valence-electron chi connectivity index (χ4n) is 3.22. The normalized spacial score (nSPS) is 16.7. The maximum Gasteiger partial charge on any atom is 0.360 e. The Balaban J connectivity index is 2.02. The van der Waals surface area contributed by atoms with Crippen molar-refractivity contribution in [2.75, 3.05) is 18.0 Å². The van der Waals surface area contributed by atoms with E-state index >= 15 is 0 Å². The van der Waals surface area contributed by atoms with Gasteiger partial charge < -0.3 is 15.7 Å². The molecule has 2 aromatic heterocycles. The molecule has 10 heteroatoms. The van der Waals surface area contributed by atoms with Crippen LogP contribution in [0.2, 0.25) is 0 Å². The molecule has 0 saturated carbocycles. The van der Waals surface area contributed by atoms with Crippen LogP contribution in [0, 0.1) is 11.6 Å². The van der Waals surface area contributed by atoms with Crippen molar-refractivity contribution < 1.29 is 18.7 Å². The van der Waals surface area contributed by atoms with Gasteiger partial charge in [-0.3, -0.25) is 4.79 Å². The van der Waals surface area contributed by atoms with Gasteiger partial charge in [-0.25, -0.2) is 23.2 Å². The standard InChI is InChI=1S/C18H15F2N5O3/c19-9-1-3-11(4-2-9)25-16-12(15(26)14(23-25)18(27)28)7-13(20)17(22-16)24-6-5-10(21)8-24/h1-4,7,10H,5-6,8,21H2,(H,27,28). The number of carboxylic acids is 1. The molecule has 28 heavy (non-hydrogen) atoms. The van der Waals surface area contributed by atoms with Gasteiger partial charge in [-0.2, -0.15) is 5.10 Å². The van der Waals surface area contributed by atoms with Crippen molar-refractivity contribution in [1.29, 1.82) is 0 Å². The van der Waals surface area contributed by atoms with E-state index in [-0.39, 0.29) is 28.6 Å². The second-order valence-corrected chi connectivity index (χ2v) is 6.53. The van der Waals surface area contributed by atoms with Gasteiger partial charge in [0.1, 0.15) is 5.82 Å². The van der Waals surface area contributed by atoms with Gasteiger partial charge in [0.25, 0.3) is 0 Å². The highest BCUT2D eigenvalue weighted by molar-refractivity contribution is 5.90. The summed E-state index contributed by atoms with van der Waals surface area (Å²) in [7, 11) is 0. The smallest absolute Gasteiger partial charge is 0.360 e. The minimum Gasteiger partial charge on any atom is -0.476 e. The molecule has 1 aliphatic rings. The second-order valence-electron chi connectivity index (χ2n) is 6.53. The van der Waals surface area contributed by atoms with E-state index in [1.807, 2.05) is 0 Å². The summed E-state index contributed by atoms with van der Waals surface area (Å²) in [5, 5.41) is 12.9. The number of nitrogens with zero attached hydrogens (tertiary/aromatic N) is 4. The molecule has 1 aromatic carbocycles. The summed E-state index contributed by atoms with van der Waals surface area (Å²) in [5.74, 6) is -2.82. The van der Waals surface area contributed by atoms with E-state index in [0.717, 1.165) is 22.9 Å². The Bertz CT molecular complexity index is 1150. The van der Waals surface area contributed by atoms with E-state index in [9.17, 15) is 23.5 Å². The lowest BCUT2D eigenvalue weighted by atomic mass is 10.2. The summed E-state index contributed by atoms with van der Waals surface area (Å²) in [6, 6.07) is 5.86. The topological polar surface area (TPSA) is 114 Å². The van der Waals surface area contributed by atoms with Crippen LogP contribution in [0.3, 0.4) is 0 Å². The van der Waals surface area contributed by atoms with Crippen LogP contribution in [0.1, 0.15) is 16.9 Å². The molecule has 1 fully saturated rings. The minimum absolute atomic E-state index is 0.000543. The molecule has 1 saturated heterocycles. The highest BCUT2D eigenvalue weighted by atomic mass is 19.1. The van der Waals surface area contributed by atoms with Gasteiger partial charge in [0.2, 0.25) is 11.1 Å². The fourth-order valence-corrected chi connectivity index (χ4v) is 3.22. The number of carboxylic acid groups (broad SMARTS) is 1. The van der Waals surface area contributed by atoms with E-state index in [0.29, 0.717) is 19.5 Å². The number of rotatable bonds is 3. The molecule has 4 rings (SSSR count). The zero-order chi connectivity index (χ0) is 20.0. The lowest BCUT2D eigenvalue weighted by Gasteiger charge is -2.19. The molecule has 0 spiro atoms. The van der Waals surface area contributed by atoms with Crippen LogP contribution < -0.4 is 16.1 Å².